The Morgan fingerprint density at radius 1 is 1.10 bits per heavy atom. The maximum Gasteiger partial charge on any atom is 0.418 e. The zero-order valence-electron chi connectivity index (χ0n) is 11.9. The molecule has 0 saturated heterocycles. The number of rotatable bonds is 7. The lowest BCUT2D eigenvalue weighted by Gasteiger charge is -2.17. The second kappa shape index (κ2) is 7.26. The van der Waals surface area contributed by atoms with Gasteiger partial charge in [-0.25, -0.2) is 0 Å². The van der Waals surface area contributed by atoms with Gasteiger partial charge in [-0.15, -0.1) is 0 Å². The van der Waals surface area contributed by atoms with Gasteiger partial charge in [-0.3, -0.25) is 0 Å². The van der Waals surface area contributed by atoms with Gasteiger partial charge in [0.2, 0.25) is 0 Å². The van der Waals surface area contributed by atoms with Crippen LogP contribution in [-0.4, -0.2) is 13.6 Å². The first-order chi connectivity index (χ1) is 9.40. The molecule has 0 bridgehead atoms. The SMILES string of the molecule is CCCCCCNc1cc(NC)c(N)cc1C(F)(F)F. The number of hydrogen-bond donors (Lipinski definition) is 3. The molecule has 0 aliphatic heterocycles. The van der Waals surface area contributed by atoms with Crippen molar-refractivity contribution in [2.75, 3.05) is 30.0 Å². The monoisotopic (exact) mass is 289 g/mol. The van der Waals surface area contributed by atoms with Crippen LogP contribution in [-0.2, 0) is 6.18 Å². The number of hydrogen-bond acceptors (Lipinski definition) is 3. The molecule has 0 aliphatic carbocycles. The van der Waals surface area contributed by atoms with Crippen LogP contribution in [0.3, 0.4) is 0 Å². The first-order valence-electron chi connectivity index (χ1n) is 6.82. The largest absolute Gasteiger partial charge is 0.418 e. The van der Waals surface area contributed by atoms with E-state index in [0.29, 0.717) is 12.2 Å². The van der Waals surface area contributed by atoms with Gasteiger partial charge in [-0.2, -0.15) is 13.2 Å². The van der Waals surface area contributed by atoms with Crippen molar-refractivity contribution >= 4 is 17.1 Å². The summed E-state index contributed by atoms with van der Waals surface area (Å²) in [6.07, 6.45) is -0.355. The smallest absolute Gasteiger partial charge is 0.397 e. The van der Waals surface area contributed by atoms with E-state index in [1.54, 1.807) is 7.05 Å². The summed E-state index contributed by atoms with van der Waals surface area (Å²) in [4.78, 5) is 0. The average Bonchev–Trinajstić information content (AvgIpc) is 2.38. The Morgan fingerprint density at radius 2 is 1.80 bits per heavy atom. The quantitative estimate of drug-likeness (QED) is 0.517. The molecule has 20 heavy (non-hydrogen) atoms. The minimum atomic E-state index is -4.41. The molecule has 1 rings (SSSR count). The van der Waals surface area contributed by atoms with Crippen molar-refractivity contribution in [2.45, 2.75) is 38.8 Å². The van der Waals surface area contributed by atoms with E-state index in [1.807, 2.05) is 0 Å². The van der Waals surface area contributed by atoms with E-state index in [9.17, 15) is 13.2 Å². The summed E-state index contributed by atoms with van der Waals surface area (Å²) < 4.78 is 38.9. The van der Waals surface area contributed by atoms with Crippen LogP contribution in [0.15, 0.2) is 12.1 Å². The summed E-state index contributed by atoms with van der Waals surface area (Å²) in [5, 5.41) is 5.66. The molecule has 0 amide bonds. The van der Waals surface area contributed by atoms with Gasteiger partial charge in [-0.1, -0.05) is 26.2 Å². The first-order valence-corrected chi connectivity index (χ1v) is 6.82. The normalized spacial score (nSPS) is 11.4. The highest BCUT2D eigenvalue weighted by molar-refractivity contribution is 5.74. The van der Waals surface area contributed by atoms with E-state index >= 15 is 0 Å². The Morgan fingerprint density at radius 3 is 2.35 bits per heavy atom. The molecule has 0 unspecified atom stereocenters. The summed E-state index contributed by atoms with van der Waals surface area (Å²) in [5.74, 6) is 0. The zero-order valence-corrected chi connectivity index (χ0v) is 11.9. The average molecular weight is 289 g/mol. The molecule has 0 atom stereocenters. The molecule has 6 heteroatoms. The van der Waals surface area contributed by atoms with E-state index < -0.39 is 11.7 Å². The van der Waals surface area contributed by atoms with E-state index in [2.05, 4.69) is 17.6 Å². The lowest BCUT2D eigenvalue weighted by atomic mass is 10.1. The Labute approximate surface area is 117 Å². The molecule has 0 heterocycles. The molecule has 0 radical (unpaired) electrons. The fraction of sp³-hybridized carbons (Fsp3) is 0.571. The van der Waals surface area contributed by atoms with Gasteiger partial charge in [0.25, 0.3) is 0 Å². The third-order valence-electron chi connectivity index (χ3n) is 3.11. The van der Waals surface area contributed by atoms with Crippen LogP contribution in [0, 0.1) is 0 Å². The molecule has 0 aromatic heterocycles. The minimum Gasteiger partial charge on any atom is -0.397 e. The van der Waals surface area contributed by atoms with Crippen molar-refractivity contribution in [3.8, 4) is 0 Å². The molecule has 0 saturated carbocycles. The summed E-state index contributed by atoms with van der Waals surface area (Å²) in [5.41, 5.74) is 5.55. The van der Waals surface area contributed by atoms with Crippen LogP contribution >= 0.6 is 0 Å². The molecule has 4 N–H and O–H groups in total. The summed E-state index contributed by atoms with van der Waals surface area (Å²) in [7, 11) is 1.63. The highest BCUT2D eigenvalue weighted by Gasteiger charge is 2.34. The van der Waals surface area contributed by atoms with Crippen LogP contribution in [0.25, 0.3) is 0 Å². The molecule has 0 spiro atoms. The molecular weight excluding hydrogens is 267 g/mol. The lowest BCUT2D eigenvalue weighted by Crippen LogP contribution is -2.13. The predicted octanol–water partition coefficient (Wildman–Crippen LogP) is 4.32. The Kier molecular flexibility index (Phi) is 5.98. The van der Waals surface area contributed by atoms with E-state index in [4.69, 9.17) is 5.73 Å². The van der Waals surface area contributed by atoms with Gasteiger partial charge in [-0.05, 0) is 18.6 Å². The second-order valence-corrected chi connectivity index (χ2v) is 4.72. The first kappa shape index (κ1) is 16.5. The zero-order chi connectivity index (χ0) is 15.2. The highest BCUT2D eigenvalue weighted by Crippen LogP contribution is 2.38. The third kappa shape index (κ3) is 4.51. The number of alkyl halides is 3. The van der Waals surface area contributed by atoms with Gasteiger partial charge >= 0.3 is 6.18 Å². The summed E-state index contributed by atoms with van der Waals surface area (Å²) in [6.45, 7) is 2.62. The molecule has 0 aliphatic rings. The van der Waals surface area contributed by atoms with E-state index in [0.717, 1.165) is 31.7 Å². The van der Waals surface area contributed by atoms with Crippen LogP contribution in [0.5, 0.6) is 0 Å². The number of unbranched alkanes of at least 4 members (excludes halogenated alkanes) is 3. The van der Waals surface area contributed by atoms with Crippen molar-refractivity contribution in [1.29, 1.82) is 0 Å². The highest BCUT2D eigenvalue weighted by atomic mass is 19.4. The topological polar surface area (TPSA) is 50.1 Å². The van der Waals surface area contributed by atoms with E-state index in [-0.39, 0.29) is 11.4 Å². The van der Waals surface area contributed by atoms with Crippen molar-refractivity contribution in [3.05, 3.63) is 17.7 Å². The maximum absolute atomic E-state index is 13.0. The molecule has 3 nitrogen and oxygen atoms in total. The van der Waals surface area contributed by atoms with Crippen molar-refractivity contribution < 1.29 is 13.2 Å². The van der Waals surface area contributed by atoms with Crippen molar-refractivity contribution in [3.63, 3.8) is 0 Å². The summed E-state index contributed by atoms with van der Waals surface area (Å²) in [6, 6.07) is 2.39. The molecule has 0 fully saturated rings. The summed E-state index contributed by atoms with van der Waals surface area (Å²) >= 11 is 0. The molecule has 1 aromatic rings. The van der Waals surface area contributed by atoms with Crippen LogP contribution < -0.4 is 16.4 Å². The van der Waals surface area contributed by atoms with Crippen LogP contribution in [0.4, 0.5) is 30.2 Å². The number of anilines is 3. The standard InChI is InChI=1S/C14H22F3N3/c1-3-4-5-6-7-20-12-9-13(19-2)11(18)8-10(12)14(15,16)17/h8-9,19-20H,3-7,18H2,1-2H3. The predicted molar refractivity (Wildman–Crippen MR) is 78.0 cm³/mol. The van der Waals surface area contributed by atoms with Gasteiger partial charge in [0.05, 0.1) is 16.9 Å². The number of nitrogens with two attached hydrogens (primary N) is 1. The Hall–Kier alpha value is -1.59. The second-order valence-electron chi connectivity index (χ2n) is 4.72. The molecule has 1 aromatic carbocycles. The lowest BCUT2D eigenvalue weighted by molar-refractivity contribution is -0.136. The fourth-order valence-corrected chi connectivity index (χ4v) is 1.99. The van der Waals surface area contributed by atoms with E-state index in [1.165, 1.54) is 6.07 Å². The van der Waals surface area contributed by atoms with Gasteiger partial charge in [0.15, 0.2) is 0 Å². The number of nitrogen functional groups attached to an aromatic ring is 1. The number of benzene rings is 1. The molecule has 114 valence electrons. The van der Waals surface area contributed by atoms with Crippen molar-refractivity contribution in [1.82, 2.24) is 0 Å². The van der Waals surface area contributed by atoms with Crippen molar-refractivity contribution in [2.24, 2.45) is 0 Å². The maximum atomic E-state index is 13.0. The van der Waals surface area contributed by atoms with Gasteiger partial charge < -0.3 is 16.4 Å². The number of nitrogens with one attached hydrogen (secondary N) is 2. The van der Waals surface area contributed by atoms with Gasteiger partial charge in [0.1, 0.15) is 0 Å². The fourth-order valence-electron chi connectivity index (χ4n) is 1.99. The Bertz CT molecular complexity index is 430. The third-order valence-corrected chi connectivity index (χ3v) is 3.11. The van der Waals surface area contributed by atoms with Gasteiger partial charge in [0, 0.05) is 19.3 Å². The minimum absolute atomic E-state index is 0.0764. The number of halogens is 3. The molecular formula is C14H22F3N3. The van der Waals surface area contributed by atoms with Crippen LogP contribution in [0.1, 0.15) is 38.2 Å². The van der Waals surface area contributed by atoms with Crippen LogP contribution in [0.2, 0.25) is 0 Å². The Balaban J connectivity index is 2.85.